The first-order valence-electron chi connectivity index (χ1n) is 11.3. The van der Waals surface area contributed by atoms with Gasteiger partial charge in [0.05, 0.1) is 0 Å². The molecule has 7 heteroatoms. The third-order valence-corrected chi connectivity index (χ3v) is 7.15. The van der Waals surface area contributed by atoms with E-state index in [0.717, 1.165) is 44.3 Å². The number of carbonyl (C=O) groups is 2. The van der Waals surface area contributed by atoms with Crippen molar-refractivity contribution in [3.8, 4) is 0 Å². The Bertz CT molecular complexity index is 736. The van der Waals surface area contributed by atoms with E-state index in [0.29, 0.717) is 31.1 Å². The third-order valence-electron chi connectivity index (χ3n) is 7.15. The second-order valence-corrected chi connectivity index (χ2v) is 9.46. The molecule has 3 N–H and O–H groups in total. The minimum absolute atomic E-state index is 0.00760. The second-order valence-electron chi connectivity index (χ2n) is 9.46. The first kappa shape index (κ1) is 20.4. The molecule has 1 saturated heterocycles. The summed E-state index contributed by atoms with van der Waals surface area (Å²) in [5.74, 6) is 1.31. The summed E-state index contributed by atoms with van der Waals surface area (Å²) in [4.78, 5) is 27.5. The number of amides is 2. The van der Waals surface area contributed by atoms with Crippen molar-refractivity contribution in [2.75, 3.05) is 13.1 Å². The summed E-state index contributed by atoms with van der Waals surface area (Å²) in [6.07, 6.45) is 10.1. The van der Waals surface area contributed by atoms with Crippen LogP contribution in [0.3, 0.4) is 0 Å². The summed E-state index contributed by atoms with van der Waals surface area (Å²) in [6, 6.07) is 1.94. The first-order chi connectivity index (χ1) is 14.0. The van der Waals surface area contributed by atoms with Crippen molar-refractivity contribution in [3.05, 3.63) is 17.5 Å². The summed E-state index contributed by atoms with van der Waals surface area (Å²) >= 11 is 0. The summed E-state index contributed by atoms with van der Waals surface area (Å²) in [5, 5.41) is 7.00. The molecule has 0 unspecified atom stereocenters. The van der Waals surface area contributed by atoms with Gasteiger partial charge in [-0.05, 0) is 57.4 Å². The highest BCUT2D eigenvalue weighted by Crippen LogP contribution is 2.40. The molecule has 2 heterocycles. The lowest BCUT2D eigenvalue weighted by atomic mass is 9.71. The van der Waals surface area contributed by atoms with Gasteiger partial charge in [-0.15, -0.1) is 0 Å². The maximum absolute atomic E-state index is 13.0. The molecule has 4 rings (SSSR count). The molecule has 1 aliphatic heterocycles. The van der Waals surface area contributed by atoms with Gasteiger partial charge in [-0.1, -0.05) is 24.4 Å². The van der Waals surface area contributed by atoms with E-state index in [2.05, 4.69) is 17.4 Å². The van der Waals surface area contributed by atoms with Crippen LogP contribution in [0.1, 0.15) is 93.3 Å². The van der Waals surface area contributed by atoms with E-state index in [-0.39, 0.29) is 29.3 Å². The average Bonchev–Trinajstić information content (AvgIpc) is 3.45. The number of nitrogens with zero attached hydrogens (tertiary/aromatic N) is 2. The number of nitrogens with two attached hydrogens (primary N) is 1. The number of piperidine rings is 1. The molecule has 1 aromatic heterocycles. The van der Waals surface area contributed by atoms with Crippen molar-refractivity contribution in [2.45, 2.75) is 89.1 Å². The predicted octanol–water partition coefficient (Wildman–Crippen LogP) is 2.96. The van der Waals surface area contributed by atoms with Crippen molar-refractivity contribution < 1.29 is 14.1 Å². The Labute approximate surface area is 172 Å². The van der Waals surface area contributed by atoms with Crippen LogP contribution in [0.25, 0.3) is 0 Å². The van der Waals surface area contributed by atoms with Crippen LogP contribution >= 0.6 is 0 Å². The van der Waals surface area contributed by atoms with E-state index in [4.69, 9.17) is 10.3 Å². The molecule has 160 valence electrons. The number of hydrogen-bond donors (Lipinski definition) is 2. The van der Waals surface area contributed by atoms with E-state index in [1.54, 1.807) is 6.07 Å². The second kappa shape index (κ2) is 8.46. The fourth-order valence-electron chi connectivity index (χ4n) is 5.07. The number of aromatic nitrogens is 1. The van der Waals surface area contributed by atoms with Crippen molar-refractivity contribution in [3.63, 3.8) is 0 Å². The Balaban J connectivity index is 1.29. The summed E-state index contributed by atoms with van der Waals surface area (Å²) < 4.78 is 5.29. The summed E-state index contributed by atoms with van der Waals surface area (Å²) in [7, 11) is 0. The van der Waals surface area contributed by atoms with Gasteiger partial charge in [0.1, 0.15) is 5.76 Å². The largest absolute Gasteiger partial charge is 0.360 e. The van der Waals surface area contributed by atoms with Crippen molar-refractivity contribution >= 4 is 11.8 Å². The summed E-state index contributed by atoms with van der Waals surface area (Å²) in [6.45, 7) is 3.35. The average molecular weight is 403 g/mol. The Kier molecular flexibility index (Phi) is 5.95. The van der Waals surface area contributed by atoms with E-state index in [1.807, 2.05) is 4.90 Å². The van der Waals surface area contributed by atoms with Crippen LogP contribution in [0.15, 0.2) is 10.6 Å². The standard InChI is InChI=1S/C22H34N4O3/c1-15-11-17(24-21(28)18-12-19(29-25-18)16-5-6-16)7-10-26(15)20(27)13-22(14-23)8-3-2-4-9-22/h12,15-17H,2-11,13-14,23H2,1H3,(H,24,28)/t15-,17+/m1/s1. The predicted molar refractivity (Wildman–Crippen MR) is 109 cm³/mol. The Morgan fingerprint density at radius 2 is 2.03 bits per heavy atom. The van der Waals surface area contributed by atoms with Gasteiger partial charge in [0, 0.05) is 37.0 Å². The van der Waals surface area contributed by atoms with Gasteiger partial charge in [-0.25, -0.2) is 0 Å². The van der Waals surface area contributed by atoms with Gasteiger partial charge in [0.2, 0.25) is 5.91 Å². The zero-order valence-electron chi connectivity index (χ0n) is 17.5. The molecular formula is C22H34N4O3. The maximum Gasteiger partial charge on any atom is 0.273 e. The van der Waals surface area contributed by atoms with Gasteiger partial charge < -0.3 is 20.5 Å². The van der Waals surface area contributed by atoms with E-state index < -0.39 is 0 Å². The van der Waals surface area contributed by atoms with Crippen LogP contribution in [-0.2, 0) is 4.79 Å². The molecule has 29 heavy (non-hydrogen) atoms. The Morgan fingerprint density at radius 1 is 1.28 bits per heavy atom. The van der Waals surface area contributed by atoms with E-state index in [1.165, 1.54) is 19.3 Å². The number of carbonyl (C=O) groups excluding carboxylic acids is 2. The van der Waals surface area contributed by atoms with Gasteiger partial charge in [0.15, 0.2) is 5.69 Å². The van der Waals surface area contributed by atoms with Gasteiger partial charge in [-0.2, -0.15) is 0 Å². The lowest BCUT2D eigenvalue weighted by Gasteiger charge is -2.41. The van der Waals surface area contributed by atoms with Crippen LogP contribution in [0.4, 0.5) is 0 Å². The number of rotatable bonds is 6. The fourth-order valence-corrected chi connectivity index (χ4v) is 5.07. The topological polar surface area (TPSA) is 101 Å². The molecule has 2 amide bonds. The highest BCUT2D eigenvalue weighted by atomic mass is 16.5. The van der Waals surface area contributed by atoms with Crippen LogP contribution in [0, 0.1) is 5.41 Å². The molecule has 3 fully saturated rings. The van der Waals surface area contributed by atoms with Crippen LogP contribution < -0.4 is 11.1 Å². The van der Waals surface area contributed by atoms with E-state index in [9.17, 15) is 9.59 Å². The van der Waals surface area contributed by atoms with Crippen molar-refractivity contribution in [1.29, 1.82) is 0 Å². The Hall–Kier alpha value is -1.89. The van der Waals surface area contributed by atoms with Crippen molar-refractivity contribution in [2.24, 2.45) is 11.1 Å². The Morgan fingerprint density at radius 3 is 2.69 bits per heavy atom. The monoisotopic (exact) mass is 402 g/mol. The molecule has 0 aromatic carbocycles. The molecule has 2 atom stereocenters. The molecule has 2 aliphatic carbocycles. The molecule has 2 saturated carbocycles. The minimum Gasteiger partial charge on any atom is -0.360 e. The zero-order valence-corrected chi connectivity index (χ0v) is 17.5. The molecule has 0 radical (unpaired) electrons. The van der Waals surface area contributed by atoms with E-state index >= 15 is 0 Å². The number of hydrogen-bond acceptors (Lipinski definition) is 5. The smallest absolute Gasteiger partial charge is 0.273 e. The molecule has 0 bridgehead atoms. The molecule has 7 nitrogen and oxygen atoms in total. The summed E-state index contributed by atoms with van der Waals surface area (Å²) in [5.41, 5.74) is 6.43. The quantitative estimate of drug-likeness (QED) is 0.762. The normalized spacial score (nSPS) is 26.9. The molecule has 0 spiro atoms. The molecule has 1 aromatic rings. The fraction of sp³-hybridized carbons (Fsp3) is 0.773. The van der Waals surface area contributed by atoms with Crippen LogP contribution in [0.5, 0.6) is 0 Å². The van der Waals surface area contributed by atoms with Crippen molar-refractivity contribution in [1.82, 2.24) is 15.4 Å². The third kappa shape index (κ3) is 4.65. The SMILES string of the molecule is C[C@@H]1C[C@@H](NC(=O)c2cc(C3CC3)on2)CCN1C(=O)CC1(CN)CCCCC1. The molecule has 3 aliphatic rings. The first-order valence-corrected chi connectivity index (χ1v) is 11.3. The lowest BCUT2D eigenvalue weighted by Crippen LogP contribution is -2.52. The maximum atomic E-state index is 13.0. The lowest BCUT2D eigenvalue weighted by molar-refractivity contribution is -0.137. The van der Waals surface area contributed by atoms with Gasteiger partial charge in [-0.3, -0.25) is 9.59 Å². The number of likely N-dealkylation sites (tertiary alicyclic amines) is 1. The number of nitrogens with one attached hydrogen (secondary N) is 1. The van der Waals surface area contributed by atoms with Gasteiger partial charge in [0.25, 0.3) is 5.91 Å². The highest BCUT2D eigenvalue weighted by molar-refractivity contribution is 5.92. The van der Waals surface area contributed by atoms with Gasteiger partial charge >= 0.3 is 0 Å². The zero-order chi connectivity index (χ0) is 20.4. The van der Waals surface area contributed by atoms with Crippen LogP contribution in [-0.4, -0.2) is 47.0 Å². The minimum atomic E-state index is -0.179. The molecular weight excluding hydrogens is 368 g/mol. The highest BCUT2D eigenvalue weighted by Gasteiger charge is 2.37. The van der Waals surface area contributed by atoms with Crippen LogP contribution in [0.2, 0.25) is 0 Å².